The van der Waals surface area contributed by atoms with E-state index < -0.39 is 0 Å². The highest BCUT2D eigenvalue weighted by atomic mass is 16.4. The third kappa shape index (κ3) is 2.94. The third-order valence-electron chi connectivity index (χ3n) is 2.58. The Morgan fingerprint density at radius 1 is 1.26 bits per heavy atom. The number of hydrogen-bond donors (Lipinski definition) is 1. The molecule has 2 rings (SSSR count). The second-order valence-corrected chi connectivity index (χ2v) is 3.66. The maximum atomic E-state index is 11.8. The predicted molar refractivity (Wildman–Crippen MR) is 82.3 cm³/mol. The lowest BCUT2D eigenvalue weighted by molar-refractivity contribution is 0.482. The molecule has 3 nitrogen and oxygen atoms in total. The van der Waals surface area contributed by atoms with Gasteiger partial charge >= 0.3 is 5.63 Å². The summed E-state index contributed by atoms with van der Waals surface area (Å²) in [5, 5.41) is 2.21. The van der Waals surface area contributed by atoms with Gasteiger partial charge in [-0.05, 0) is 30.5 Å². The molecule has 0 saturated carbocycles. The van der Waals surface area contributed by atoms with Gasteiger partial charge in [-0.25, -0.2) is 4.79 Å². The van der Waals surface area contributed by atoms with E-state index in [0.29, 0.717) is 16.5 Å². The lowest BCUT2D eigenvalue weighted by Gasteiger charge is -1.99. The molecule has 0 bridgehead atoms. The number of fused-ring (bicyclic) bond motifs is 1. The topological polar surface area (TPSA) is 56.2 Å². The molecule has 19 heavy (non-hydrogen) atoms. The molecule has 100 valence electrons. The normalized spacial score (nSPS) is 12.2. The van der Waals surface area contributed by atoms with Gasteiger partial charge in [-0.15, -0.1) is 0 Å². The van der Waals surface area contributed by atoms with Crippen LogP contribution in [0.4, 0.5) is 5.69 Å². The van der Waals surface area contributed by atoms with Gasteiger partial charge in [-0.1, -0.05) is 38.6 Å². The summed E-state index contributed by atoms with van der Waals surface area (Å²) in [4.78, 5) is 11.8. The molecule has 0 atom stereocenters. The van der Waals surface area contributed by atoms with Crippen molar-refractivity contribution in [3.05, 3.63) is 51.9 Å². The van der Waals surface area contributed by atoms with Crippen molar-refractivity contribution in [3.63, 3.8) is 0 Å². The van der Waals surface area contributed by atoms with Crippen molar-refractivity contribution >= 4 is 28.6 Å². The highest BCUT2D eigenvalue weighted by molar-refractivity contribution is 5.85. The summed E-state index contributed by atoms with van der Waals surface area (Å²) in [5.74, 6) is 0. The van der Waals surface area contributed by atoms with Crippen LogP contribution in [0, 0.1) is 0 Å². The van der Waals surface area contributed by atoms with Crippen LogP contribution in [0.15, 0.2) is 40.1 Å². The molecular weight excluding hydrogens is 238 g/mol. The van der Waals surface area contributed by atoms with E-state index in [-0.39, 0.29) is 5.63 Å². The molecule has 0 saturated heterocycles. The van der Waals surface area contributed by atoms with Gasteiger partial charge in [0.15, 0.2) is 0 Å². The van der Waals surface area contributed by atoms with E-state index in [2.05, 4.69) is 6.58 Å². The van der Waals surface area contributed by atoms with E-state index in [1.165, 1.54) is 0 Å². The summed E-state index contributed by atoms with van der Waals surface area (Å²) in [5.41, 5.74) is 6.35. The van der Waals surface area contributed by atoms with Crippen molar-refractivity contribution in [2.24, 2.45) is 0 Å². The quantitative estimate of drug-likeness (QED) is 0.797. The highest BCUT2D eigenvalue weighted by Crippen LogP contribution is 2.09. The minimum atomic E-state index is -0.383. The van der Waals surface area contributed by atoms with Crippen LogP contribution in [0.25, 0.3) is 22.9 Å². The zero-order valence-electron chi connectivity index (χ0n) is 11.6. The monoisotopic (exact) mass is 257 g/mol. The van der Waals surface area contributed by atoms with Gasteiger partial charge in [0.05, 0.1) is 5.39 Å². The largest absolute Gasteiger partial charge is 0.422 e. The Morgan fingerprint density at radius 2 is 1.95 bits per heavy atom. The Bertz CT molecular complexity index is 755. The van der Waals surface area contributed by atoms with Gasteiger partial charge in [-0.2, -0.15) is 0 Å². The number of rotatable bonds is 1. The Kier molecular flexibility index (Phi) is 5.12. The molecule has 0 spiro atoms. The van der Waals surface area contributed by atoms with Crippen molar-refractivity contribution in [1.29, 1.82) is 0 Å². The maximum absolute atomic E-state index is 11.8. The Labute approximate surface area is 112 Å². The maximum Gasteiger partial charge on any atom is 0.344 e. The fraction of sp³-hybridized carbons (Fsp3) is 0.188. The van der Waals surface area contributed by atoms with Gasteiger partial charge in [0.2, 0.25) is 0 Å². The van der Waals surface area contributed by atoms with Gasteiger partial charge in [0.1, 0.15) is 5.42 Å². The number of nitrogen functional groups attached to an aromatic ring is 1. The lowest BCUT2D eigenvalue weighted by atomic mass is 10.1. The average molecular weight is 257 g/mol. The number of hydrogen-bond acceptors (Lipinski definition) is 3. The molecule has 0 aliphatic rings. The molecule has 0 fully saturated rings. The van der Waals surface area contributed by atoms with E-state index in [1.807, 2.05) is 32.9 Å². The summed E-state index contributed by atoms with van der Waals surface area (Å²) < 4.78 is 5.24. The molecule has 0 aliphatic carbocycles. The Balaban J connectivity index is 0.000000861. The summed E-state index contributed by atoms with van der Waals surface area (Å²) in [7, 11) is 0. The van der Waals surface area contributed by atoms with Crippen molar-refractivity contribution < 1.29 is 4.42 Å². The molecule has 2 N–H and O–H groups in total. The standard InChI is InChI=1S/C14H13NO2.C2H6/c1-3-5-13-10(4-2)11-7-6-9(15)8-12(11)14(16)17-13;1-2/h3-8H,1,15H2,2H3;1-2H3/b10-4-,13-5+;. The molecular formula is C16H19NO2. The van der Waals surface area contributed by atoms with Crippen LogP contribution in [-0.2, 0) is 0 Å². The average Bonchev–Trinajstić information content (AvgIpc) is 2.42. The lowest BCUT2D eigenvalue weighted by Crippen LogP contribution is -2.29. The summed E-state index contributed by atoms with van der Waals surface area (Å²) in [6.45, 7) is 9.50. The zero-order valence-corrected chi connectivity index (χ0v) is 11.6. The first-order chi connectivity index (χ1) is 9.17. The smallest absolute Gasteiger partial charge is 0.344 e. The molecule has 2 aromatic rings. The van der Waals surface area contributed by atoms with Crippen LogP contribution in [0.2, 0.25) is 0 Å². The molecule has 0 unspecified atom stereocenters. The van der Waals surface area contributed by atoms with Crippen molar-refractivity contribution in [3.8, 4) is 0 Å². The van der Waals surface area contributed by atoms with Crippen LogP contribution < -0.4 is 22.0 Å². The van der Waals surface area contributed by atoms with Crippen LogP contribution >= 0.6 is 0 Å². The first-order valence-electron chi connectivity index (χ1n) is 6.29. The minimum Gasteiger partial charge on any atom is -0.422 e. The summed E-state index contributed by atoms with van der Waals surface area (Å²) >= 11 is 0. The van der Waals surface area contributed by atoms with Crippen LogP contribution in [-0.4, -0.2) is 0 Å². The first-order valence-corrected chi connectivity index (χ1v) is 6.29. The number of allylic oxidation sites excluding steroid dienone is 1. The fourth-order valence-electron chi connectivity index (χ4n) is 1.84. The van der Waals surface area contributed by atoms with Gasteiger partial charge in [0, 0.05) is 10.9 Å². The van der Waals surface area contributed by atoms with Crippen LogP contribution in [0.5, 0.6) is 0 Å². The minimum absolute atomic E-state index is 0.383. The van der Waals surface area contributed by atoms with E-state index in [1.54, 1.807) is 24.3 Å². The SMILES string of the molecule is C=C/C=c1/oc(=O)c2cc(N)ccc2/c1=C/C.CC. The second-order valence-electron chi connectivity index (χ2n) is 3.66. The Hall–Kier alpha value is -2.29. The van der Waals surface area contributed by atoms with Crippen molar-refractivity contribution in [2.75, 3.05) is 5.73 Å². The molecule has 3 heteroatoms. The Morgan fingerprint density at radius 3 is 2.53 bits per heavy atom. The molecule has 1 aromatic heterocycles. The second kappa shape index (κ2) is 6.59. The number of anilines is 1. The van der Waals surface area contributed by atoms with Crippen LogP contribution in [0.3, 0.4) is 0 Å². The molecule has 0 amide bonds. The summed E-state index contributed by atoms with van der Waals surface area (Å²) in [6, 6.07) is 5.23. The molecule has 0 aliphatic heterocycles. The molecule has 1 heterocycles. The van der Waals surface area contributed by atoms with E-state index in [0.717, 1.165) is 10.6 Å². The van der Waals surface area contributed by atoms with Crippen molar-refractivity contribution in [1.82, 2.24) is 0 Å². The van der Waals surface area contributed by atoms with E-state index in [9.17, 15) is 4.79 Å². The number of nitrogens with two attached hydrogens (primary N) is 1. The molecule has 0 radical (unpaired) electrons. The third-order valence-corrected chi connectivity index (χ3v) is 2.58. The summed E-state index contributed by atoms with van der Waals surface area (Å²) in [6.07, 6.45) is 5.16. The number of benzene rings is 1. The van der Waals surface area contributed by atoms with E-state index in [4.69, 9.17) is 10.2 Å². The van der Waals surface area contributed by atoms with Gasteiger partial charge in [-0.3, -0.25) is 0 Å². The van der Waals surface area contributed by atoms with Crippen LogP contribution in [0.1, 0.15) is 20.8 Å². The predicted octanol–water partition coefficient (Wildman–Crippen LogP) is 2.17. The van der Waals surface area contributed by atoms with Gasteiger partial charge < -0.3 is 10.2 Å². The fourth-order valence-corrected chi connectivity index (χ4v) is 1.84. The molecule has 1 aromatic carbocycles. The van der Waals surface area contributed by atoms with Crippen molar-refractivity contribution in [2.45, 2.75) is 20.8 Å². The zero-order chi connectivity index (χ0) is 14.4. The van der Waals surface area contributed by atoms with E-state index >= 15 is 0 Å². The highest BCUT2D eigenvalue weighted by Gasteiger charge is 2.03. The first kappa shape index (κ1) is 14.8. The van der Waals surface area contributed by atoms with Gasteiger partial charge in [0.25, 0.3) is 0 Å².